The van der Waals surface area contributed by atoms with Gasteiger partial charge in [0.05, 0.1) is 19.3 Å². The van der Waals surface area contributed by atoms with Crippen LogP contribution < -0.4 is 10.8 Å². The van der Waals surface area contributed by atoms with Crippen molar-refractivity contribution in [3.05, 3.63) is 35.4 Å². The summed E-state index contributed by atoms with van der Waals surface area (Å²) in [7, 11) is 0. The highest BCUT2D eigenvalue weighted by Crippen LogP contribution is 2.13. The maximum atomic E-state index is 13.0. The summed E-state index contributed by atoms with van der Waals surface area (Å²) < 4.78 is 18.3. The van der Waals surface area contributed by atoms with E-state index in [1.165, 1.54) is 17.6 Å². The van der Waals surface area contributed by atoms with Gasteiger partial charge in [-0.1, -0.05) is 11.8 Å². The van der Waals surface area contributed by atoms with E-state index in [9.17, 15) is 19.1 Å². The SMILES string of the molecule is CC(C#CC#Cc1ccc(C(=O)NC(C(=O)NO)C(C)(O)CF)cc1)N1CCOCC1. The molecule has 8 nitrogen and oxygen atoms in total. The lowest BCUT2D eigenvalue weighted by molar-refractivity contribution is -0.138. The van der Waals surface area contributed by atoms with E-state index in [0.717, 1.165) is 20.0 Å². The number of hydrogen-bond donors (Lipinski definition) is 4. The number of carbonyl (C=O) groups excluding carboxylic acids is 2. The van der Waals surface area contributed by atoms with Crippen LogP contribution in [0, 0.1) is 23.7 Å². The van der Waals surface area contributed by atoms with Gasteiger partial charge in [0.15, 0.2) is 0 Å². The average molecular weight is 431 g/mol. The zero-order valence-electron chi connectivity index (χ0n) is 17.4. The van der Waals surface area contributed by atoms with Crippen molar-refractivity contribution in [1.29, 1.82) is 0 Å². The molecule has 1 heterocycles. The monoisotopic (exact) mass is 431 g/mol. The van der Waals surface area contributed by atoms with E-state index in [4.69, 9.17) is 9.94 Å². The summed E-state index contributed by atoms with van der Waals surface area (Å²) >= 11 is 0. The molecule has 1 aromatic rings. The third-order valence-electron chi connectivity index (χ3n) is 4.83. The van der Waals surface area contributed by atoms with E-state index in [1.807, 2.05) is 6.92 Å². The van der Waals surface area contributed by atoms with E-state index < -0.39 is 30.1 Å². The molecule has 9 heteroatoms. The van der Waals surface area contributed by atoms with E-state index in [0.29, 0.717) is 18.8 Å². The molecule has 3 atom stereocenters. The van der Waals surface area contributed by atoms with Crippen LogP contribution in [-0.2, 0) is 9.53 Å². The molecule has 1 saturated heterocycles. The van der Waals surface area contributed by atoms with E-state index in [-0.39, 0.29) is 11.6 Å². The molecule has 4 N–H and O–H groups in total. The van der Waals surface area contributed by atoms with Crippen LogP contribution in [0.25, 0.3) is 0 Å². The van der Waals surface area contributed by atoms with E-state index in [1.54, 1.807) is 12.1 Å². The number of halogens is 1. The number of carbonyl (C=O) groups is 2. The van der Waals surface area contributed by atoms with E-state index in [2.05, 4.69) is 33.9 Å². The second kappa shape index (κ2) is 11.4. The molecule has 3 unspecified atom stereocenters. The van der Waals surface area contributed by atoms with Crippen LogP contribution in [0.15, 0.2) is 24.3 Å². The zero-order valence-corrected chi connectivity index (χ0v) is 17.4. The lowest BCUT2D eigenvalue weighted by atomic mass is 9.97. The van der Waals surface area contributed by atoms with Gasteiger partial charge in [-0.3, -0.25) is 19.7 Å². The largest absolute Gasteiger partial charge is 0.385 e. The van der Waals surface area contributed by atoms with Gasteiger partial charge in [-0.05, 0) is 50.0 Å². The number of morpholine rings is 1. The van der Waals surface area contributed by atoms with Crippen molar-refractivity contribution in [1.82, 2.24) is 15.7 Å². The molecule has 1 aliphatic heterocycles. The van der Waals surface area contributed by atoms with Crippen molar-refractivity contribution in [3.8, 4) is 23.7 Å². The first-order chi connectivity index (χ1) is 14.8. The summed E-state index contributed by atoms with van der Waals surface area (Å²) in [6.07, 6.45) is 0. The summed E-state index contributed by atoms with van der Waals surface area (Å²) in [5.41, 5.74) is -0.0821. The third kappa shape index (κ3) is 7.06. The fraction of sp³-hybridized carbons (Fsp3) is 0.455. The van der Waals surface area contributed by atoms with Crippen molar-refractivity contribution in [2.75, 3.05) is 33.0 Å². The Labute approximate surface area is 180 Å². The average Bonchev–Trinajstić information content (AvgIpc) is 2.80. The zero-order chi connectivity index (χ0) is 22.9. The minimum Gasteiger partial charge on any atom is -0.385 e. The Hall–Kier alpha value is -2.95. The molecular weight excluding hydrogens is 405 g/mol. The number of hydroxylamine groups is 1. The van der Waals surface area contributed by atoms with Gasteiger partial charge in [0, 0.05) is 24.2 Å². The Morgan fingerprint density at radius 2 is 1.90 bits per heavy atom. The van der Waals surface area contributed by atoms with Gasteiger partial charge in [0.2, 0.25) is 0 Å². The smallest absolute Gasteiger partial charge is 0.268 e. The van der Waals surface area contributed by atoms with Crippen LogP contribution in [0.2, 0.25) is 0 Å². The predicted molar refractivity (Wildman–Crippen MR) is 111 cm³/mol. The lowest BCUT2D eigenvalue weighted by Crippen LogP contribution is -2.59. The molecule has 0 saturated carbocycles. The molecule has 0 radical (unpaired) electrons. The van der Waals surface area contributed by atoms with Gasteiger partial charge in [0.25, 0.3) is 11.8 Å². The molecule has 1 aliphatic rings. The van der Waals surface area contributed by atoms with Crippen molar-refractivity contribution in [2.45, 2.75) is 31.5 Å². The number of hydrogen-bond acceptors (Lipinski definition) is 6. The Morgan fingerprint density at radius 1 is 1.26 bits per heavy atom. The Morgan fingerprint density at radius 3 is 2.48 bits per heavy atom. The van der Waals surface area contributed by atoms with Crippen LogP contribution >= 0.6 is 0 Å². The topological polar surface area (TPSA) is 111 Å². The number of nitrogens with one attached hydrogen (secondary N) is 2. The standard InChI is InChI=1S/C22H26FN3O5/c1-16(26-11-13-31-14-12-26)5-3-4-6-17-7-9-18(10-8-17)20(27)24-19(21(28)25-30)22(2,29)15-23/h7-10,16,19,29-30H,11-15H2,1-2H3,(H,24,27)(H,25,28). The highest BCUT2D eigenvalue weighted by molar-refractivity contribution is 5.97. The molecule has 31 heavy (non-hydrogen) atoms. The second-order valence-electron chi connectivity index (χ2n) is 7.29. The molecule has 166 valence electrons. The normalized spacial score (nSPS) is 17.6. The van der Waals surface area contributed by atoms with Crippen molar-refractivity contribution in [2.24, 2.45) is 0 Å². The molecule has 0 aliphatic carbocycles. The van der Waals surface area contributed by atoms with Crippen molar-refractivity contribution in [3.63, 3.8) is 0 Å². The highest BCUT2D eigenvalue weighted by atomic mass is 19.1. The summed E-state index contributed by atoms with van der Waals surface area (Å²) in [6, 6.07) is 4.54. The Balaban J connectivity index is 2.00. The molecule has 1 fully saturated rings. The van der Waals surface area contributed by atoms with Gasteiger partial charge in [-0.25, -0.2) is 9.87 Å². The number of alkyl halides is 1. The van der Waals surface area contributed by atoms with Crippen LogP contribution in [0.1, 0.15) is 29.8 Å². The summed E-state index contributed by atoms with van der Waals surface area (Å²) in [5.74, 6) is 9.72. The first-order valence-electron chi connectivity index (χ1n) is 9.75. The maximum Gasteiger partial charge on any atom is 0.268 e. The minimum absolute atomic E-state index is 0.0786. The first kappa shape index (κ1) is 24.3. The second-order valence-corrected chi connectivity index (χ2v) is 7.29. The van der Waals surface area contributed by atoms with Crippen LogP contribution in [0.4, 0.5) is 4.39 Å². The fourth-order valence-corrected chi connectivity index (χ4v) is 2.86. The molecule has 0 bridgehead atoms. The van der Waals surface area contributed by atoms with Crippen LogP contribution in [0.5, 0.6) is 0 Å². The predicted octanol–water partition coefficient (Wildman–Crippen LogP) is 0.0865. The van der Waals surface area contributed by atoms with Crippen LogP contribution in [-0.4, -0.2) is 77.7 Å². The molecule has 2 amide bonds. The number of ether oxygens (including phenoxy) is 1. The molecular formula is C22H26FN3O5. The first-order valence-corrected chi connectivity index (χ1v) is 9.75. The molecule has 0 spiro atoms. The quantitative estimate of drug-likeness (QED) is 0.289. The number of aliphatic hydroxyl groups is 1. The Bertz CT molecular complexity index is 890. The maximum absolute atomic E-state index is 13.0. The van der Waals surface area contributed by atoms with Crippen molar-refractivity contribution < 1.29 is 29.0 Å². The lowest BCUT2D eigenvalue weighted by Gasteiger charge is -2.29. The van der Waals surface area contributed by atoms with Gasteiger partial charge < -0.3 is 15.2 Å². The van der Waals surface area contributed by atoms with E-state index >= 15 is 0 Å². The number of amides is 2. The Kier molecular flexibility index (Phi) is 8.98. The molecule has 1 aromatic carbocycles. The minimum atomic E-state index is -2.19. The van der Waals surface area contributed by atoms with Crippen molar-refractivity contribution >= 4 is 11.8 Å². The molecule has 2 rings (SSSR count). The summed E-state index contributed by atoms with van der Waals surface area (Å²) in [4.78, 5) is 26.3. The summed E-state index contributed by atoms with van der Waals surface area (Å²) in [5, 5.41) is 21.0. The fourth-order valence-electron chi connectivity index (χ4n) is 2.86. The highest BCUT2D eigenvalue weighted by Gasteiger charge is 2.39. The van der Waals surface area contributed by atoms with Crippen LogP contribution in [0.3, 0.4) is 0 Å². The third-order valence-corrected chi connectivity index (χ3v) is 4.83. The number of benzene rings is 1. The number of rotatable bonds is 6. The van der Waals surface area contributed by atoms with Gasteiger partial charge >= 0.3 is 0 Å². The number of nitrogens with zero attached hydrogens (tertiary/aromatic N) is 1. The molecule has 0 aromatic heterocycles. The van der Waals surface area contributed by atoms with Gasteiger partial charge in [-0.15, -0.1) is 0 Å². The van der Waals surface area contributed by atoms with Gasteiger partial charge in [0.1, 0.15) is 18.3 Å². The summed E-state index contributed by atoms with van der Waals surface area (Å²) in [6.45, 7) is 4.83. The van der Waals surface area contributed by atoms with Gasteiger partial charge in [-0.2, -0.15) is 0 Å².